The fraction of sp³-hybridized carbons (Fsp3) is 0.118. The van der Waals surface area contributed by atoms with E-state index in [4.69, 9.17) is 28.9 Å². The van der Waals surface area contributed by atoms with Gasteiger partial charge in [0.2, 0.25) is 0 Å². The molecule has 0 saturated carbocycles. The highest BCUT2D eigenvalue weighted by Crippen LogP contribution is 2.22. The minimum Gasteiger partial charge on any atom is -0.382 e. The van der Waals surface area contributed by atoms with E-state index in [0.29, 0.717) is 15.7 Å². The molecule has 0 radical (unpaired) electrons. The lowest BCUT2D eigenvalue weighted by atomic mass is 10.2. The molecular formula is C17H15Cl2N5O. The van der Waals surface area contributed by atoms with Crippen LogP contribution in [0.4, 0.5) is 5.82 Å². The van der Waals surface area contributed by atoms with Crippen LogP contribution in [0.25, 0.3) is 5.69 Å². The third-order valence-electron chi connectivity index (χ3n) is 3.72. The highest BCUT2D eigenvalue weighted by Gasteiger charge is 2.19. The van der Waals surface area contributed by atoms with Crippen molar-refractivity contribution in [2.24, 2.45) is 0 Å². The smallest absolute Gasteiger partial charge is 0.275 e. The number of nitrogens with two attached hydrogens (primary N) is 1. The first-order valence-corrected chi connectivity index (χ1v) is 8.22. The molecule has 3 N–H and O–H groups in total. The van der Waals surface area contributed by atoms with Gasteiger partial charge in [0.25, 0.3) is 5.91 Å². The Bertz CT molecular complexity index is 939. The van der Waals surface area contributed by atoms with Crippen LogP contribution >= 0.6 is 23.2 Å². The molecular weight excluding hydrogens is 361 g/mol. The van der Waals surface area contributed by atoms with Gasteiger partial charge < -0.3 is 11.1 Å². The van der Waals surface area contributed by atoms with E-state index in [2.05, 4.69) is 15.6 Å². The molecule has 0 saturated heterocycles. The summed E-state index contributed by atoms with van der Waals surface area (Å²) >= 11 is 12.1. The number of hydrogen-bond acceptors (Lipinski definition) is 4. The van der Waals surface area contributed by atoms with Crippen LogP contribution in [0.3, 0.4) is 0 Å². The van der Waals surface area contributed by atoms with Crippen molar-refractivity contribution < 1.29 is 4.79 Å². The van der Waals surface area contributed by atoms with Gasteiger partial charge in [0.05, 0.1) is 5.69 Å². The third-order valence-corrected chi connectivity index (χ3v) is 4.32. The van der Waals surface area contributed by atoms with Gasteiger partial charge in [0.15, 0.2) is 11.5 Å². The number of hydrogen-bond donors (Lipinski definition) is 2. The summed E-state index contributed by atoms with van der Waals surface area (Å²) in [4.78, 5) is 12.4. The highest BCUT2D eigenvalue weighted by atomic mass is 35.5. The molecule has 2 aromatic carbocycles. The summed E-state index contributed by atoms with van der Waals surface area (Å²) < 4.78 is 1.39. The van der Waals surface area contributed by atoms with E-state index in [0.717, 1.165) is 11.1 Å². The molecule has 3 rings (SSSR count). The minimum absolute atomic E-state index is 0.0476. The number of carbonyl (C=O) groups is 1. The van der Waals surface area contributed by atoms with Gasteiger partial charge in [-0.3, -0.25) is 4.79 Å². The SMILES string of the molecule is Cc1ccc(Cl)cc1-n1nnc(C(=O)NCc2ccccc2Cl)c1N. The third kappa shape index (κ3) is 3.60. The lowest BCUT2D eigenvalue weighted by molar-refractivity contribution is 0.0947. The molecule has 0 bridgehead atoms. The Hall–Kier alpha value is -2.57. The van der Waals surface area contributed by atoms with Gasteiger partial charge >= 0.3 is 0 Å². The molecule has 0 aliphatic carbocycles. The second-order valence-electron chi connectivity index (χ2n) is 5.44. The van der Waals surface area contributed by atoms with Gasteiger partial charge in [0.1, 0.15) is 0 Å². The van der Waals surface area contributed by atoms with Gasteiger partial charge in [-0.15, -0.1) is 5.10 Å². The molecule has 1 amide bonds. The monoisotopic (exact) mass is 375 g/mol. The van der Waals surface area contributed by atoms with Gasteiger partial charge in [-0.2, -0.15) is 4.68 Å². The lowest BCUT2D eigenvalue weighted by Crippen LogP contribution is -2.24. The molecule has 1 aromatic heterocycles. The number of benzene rings is 2. The normalized spacial score (nSPS) is 10.7. The zero-order valence-electron chi connectivity index (χ0n) is 13.3. The number of carbonyl (C=O) groups excluding carboxylic acids is 1. The fourth-order valence-corrected chi connectivity index (χ4v) is 2.71. The van der Waals surface area contributed by atoms with Crippen LogP contribution in [-0.4, -0.2) is 20.9 Å². The zero-order valence-corrected chi connectivity index (χ0v) is 14.8. The standard InChI is InChI=1S/C17H15Cl2N5O/c1-10-6-7-12(18)8-14(10)24-16(20)15(22-23-24)17(25)21-9-11-4-2-3-5-13(11)19/h2-8H,9,20H2,1H3,(H,21,25). The molecule has 8 heteroatoms. The number of nitrogens with one attached hydrogen (secondary N) is 1. The molecule has 128 valence electrons. The summed E-state index contributed by atoms with van der Waals surface area (Å²) in [6.45, 7) is 2.16. The lowest BCUT2D eigenvalue weighted by Gasteiger charge is -2.08. The van der Waals surface area contributed by atoms with E-state index in [1.807, 2.05) is 31.2 Å². The number of nitrogen functional groups attached to an aromatic ring is 1. The van der Waals surface area contributed by atoms with E-state index < -0.39 is 5.91 Å². The van der Waals surface area contributed by atoms with Crippen molar-refractivity contribution in [3.63, 3.8) is 0 Å². The molecule has 0 spiro atoms. The number of amides is 1. The van der Waals surface area contributed by atoms with Gasteiger partial charge in [-0.25, -0.2) is 0 Å². The Morgan fingerprint density at radius 1 is 1.24 bits per heavy atom. The van der Waals surface area contributed by atoms with E-state index in [1.165, 1.54) is 4.68 Å². The Balaban J connectivity index is 1.82. The molecule has 0 fully saturated rings. The Labute approximate surface area is 154 Å². The van der Waals surface area contributed by atoms with E-state index in [1.54, 1.807) is 18.2 Å². The van der Waals surface area contributed by atoms with Crippen molar-refractivity contribution in [1.82, 2.24) is 20.3 Å². The van der Waals surface area contributed by atoms with Crippen LogP contribution in [0.5, 0.6) is 0 Å². The van der Waals surface area contributed by atoms with Crippen LogP contribution in [0.2, 0.25) is 10.0 Å². The predicted octanol–water partition coefficient (Wildman–Crippen LogP) is 3.39. The zero-order chi connectivity index (χ0) is 18.0. The Kier molecular flexibility index (Phi) is 4.92. The van der Waals surface area contributed by atoms with E-state index in [-0.39, 0.29) is 18.1 Å². The average molecular weight is 376 g/mol. The first-order valence-electron chi connectivity index (χ1n) is 7.46. The molecule has 1 heterocycles. The van der Waals surface area contributed by atoms with E-state index in [9.17, 15) is 4.79 Å². The first-order chi connectivity index (χ1) is 12.0. The van der Waals surface area contributed by atoms with Crippen LogP contribution < -0.4 is 11.1 Å². The maximum Gasteiger partial charge on any atom is 0.275 e. The molecule has 0 atom stereocenters. The van der Waals surface area contributed by atoms with Gasteiger partial charge in [0, 0.05) is 16.6 Å². The predicted molar refractivity (Wildman–Crippen MR) is 98.1 cm³/mol. The van der Waals surface area contributed by atoms with Crippen molar-refractivity contribution in [2.75, 3.05) is 5.73 Å². The van der Waals surface area contributed by atoms with Gasteiger partial charge in [-0.1, -0.05) is 52.7 Å². The number of halogens is 2. The van der Waals surface area contributed by atoms with Crippen molar-refractivity contribution in [3.8, 4) is 5.69 Å². The molecule has 0 aliphatic heterocycles. The topological polar surface area (TPSA) is 85.8 Å². The number of nitrogens with zero attached hydrogens (tertiary/aromatic N) is 3. The van der Waals surface area contributed by atoms with Gasteiger partial charge in [-0.05, 0) is 36.2 Å². The van der Waals surface area contributed by atoms with E-state index >= 15 is 0 Å². The minimum atomic E-state index is -0.427. The van der Waals surface area contributed by atoms with Crippen LogP contribution in [0.15, 0.2) is 42.5 Å². The second kappa shape index (κ2) is 7.13. The molecule has 0 unspecified atom stereocenters. The number of anilines is 1. The molecule has 6 nitrogen and oxygen atoms in total. The largest absolute Gasteiger partial charge is 0.382 e. The first kappa shape index (κ1) is 17.3. The number of aryl methyl sites for hydroxylation is 1. The highest BCUT2D eigenvalue weighted by molar-refractivity contribution is 6.31. The Morgan fingerprint density at radius 3 is 2.76 bits per heavy atom. The Morgan fingerprint density at radius 2 is 2.00 bits per heavy atom. The fourth-order valence-electron chi connectivity index (χ4n) is 2.34. The summed E-state index contributed by atoms with van der Waals surface area (Å²) in [6.07, 6.45) is 0. The number of aromatic nitrogens is 3. The van der Waals surface area contributed by atoms with Crippen LogP contribution in [0.1, 0.15) is 21.6 Å². The molecule has 25 heavy (non-hydrogen) atoms. The van der Waals surface area contributed by atoms with Crippen molar-refractivity contribution >= 4 is 34.9 Å². The van der Waals surface area contributed by atoms with Crippen molar-refractivity contribution in [3.05, 3.63) is 69.3 Å². The summed E-state index contributed by atoms with van der Waals surface area (Å²) in [7, 11) is 0. The summed E-state index contributed by atoms with van der Waals surface area (Å²) in [6, 6.07) is 12.6. The van der Waals surface area contributed by atoms with Crippen molar-refractivity contribution in [2.45, 2.75) is 13.5 Å². The summed E-state index contributed by atoms with van der Waals surface area (Å²) in [5.74, 6) is -0.287. The van der Waals surface area contributed by atoms with Crippen LogP contribution in [0, 0.1) is 6.92 Å². The molecule has 3 aromatic rings. The molecule has 0 aliphatic rings. The maximum absolute atomic E-state index is 12.4. The maximum atomic E-state index is 12.4. The summed E-state index contributed by atoms with van der Waals surface area (Å²) in [5.41, 5.74) is 8.49. The van der Waals surface area contributed by atoms with Crippen molar-refractivity contribution in [1.29, 1.82) is 0 Å². The quantitative estimate of drug-likeness (QED) is 0.731. The second-order valence-corrected chi connectivity index (χ2v) is 6.28. The van der Waals surface area contributed by atoms with Crippen LogP contribution in [-0.2, 0) is 6.54 Å². The average Bonchev–Trinajstić information content (AvgIpc) is 2.97. The summed E-state index contributed by atoms with van der Waals surface area (Å²) in [5, 5.41) is 11.7. The number of rotatable bonds is 4.